The van der Waals surface area contributed by atoms with E-state index in [9.17, 15) is 9.59 Å². The van der Waals surface area contributed by atoms with E-state index in [1.165, 1.54) is 13.5 Å². The largest absolute Gasteiger partial charge is 0.467 e. The maximum absolute atomic E-state index is 12.5. The van der Waals surface area contributed by atoms with E-state index in [-0.39, 0.29) is 11.5 Å². The second-order valence-corrected chi connectivity index (χ2v) is 8.43. The standard InChI is InChI=1S/C18H30N2O4/c1-4-11(2)14(15(21)23-3)20-16(22)24-18-8-12-5-13(9-18)7-17(19,6-12)10-18/h11-14H,4-10,19H2,1-3H3,(H,20,22)/t11-,12?,13?,14-,17?,18?/m0/s1. The molecule has 4 fully saturated rings. The molecule has 2 unspecified atom stereocenters. The van der Waals surface area contributed by atoms with Crippen LogP contribution < -0.4 is 11.1 Å². The third-order valence-corrected chi connectivity index (χ3v) is 6.30. The number of rotatable bonds is 5. The highest BCUT2D eigenvalue weighted by atomic mass is 16.6. The van der Waals surface area contributed by atoms with Crippen LogP contribution in [0.5, 0.6) is 0 Å². The summed E-state index contributed by atoms with van der Waals surface area (Å²) < 4.78 is 10.7. The number of nitrogens with two attached hydrogens (primary N) is 1. The molecule has 6 heteroatoms. The lowest BCUT2D eigenvalue weighted by Crippen LogP contribution is -2.64. The highest BCUT2D eigenvalue weighted by Gasteiger charge is 2.58. The summed E-state index contributed by atoms with van der Waals surface area (Å²) in [5.74, 6) is 0.689. The monoisotopic (exact) mass is 338 g/mol. The highest BCUT2D eigenvalue weighted by molar-refractivity contribution is 5.81. The normalized spacial score (nSPS) is 39.2. The summed E-state index contributed by atoms with van der Waals surface area (Å²) in [6, 6.07) is -0.673. The molecular formula is C18H30N2O4. The molecule has 4 aliphatic rings. The molecule has 0 aliphatic heterocycles. The fourth-order valence-corrected chi connectivity index (χ4v) is 5.52. The molecule has 0 heterocycles. The number of esters is 1. The van der Waals surface area contributed by atoms with Gasteiger partial charge in [0.05, 0.1) is 7.11 Å². The predicted molar refractivity (Wildman–Crippen MR) is 89.2 cm³/mol. The first-order valence-electron chi connectivity index (χ1n) is 9.14. The second kappa shape index (κ2) is 6.21. The molecule has 136 valence electrons. The minimum Gasteiger partial charge on any atom is -0.467 e. The van der Waals surface area contributed by atoms with Gasteiger partial charge in [0, 0.05) is 12.0 Å². The molecular weight excluding hydrogens is 308 g/mol. The maximum atomic E-state index is 12.5. The number of nitrogens with one attached hydrogen (secondary N) is 1. The van der Waals surface area contributed by atoms with Crippen molar-refractivity contribution in [1.82, 2.24) is 5.32 Å². The molecule has 0 aromatic heterocycles. The van der Waals surface area contributed by atoms with Gasteiger partial charge in [-0.1, -0.05) is 20.3 Å². The molecule has 0 spiro atoms. The molecule has 4 aliphatic carbocycles. The van der Waals surface area contributed by atoms with E-state index in [4.69, 9.17) is 15.2 Å². The van der Waals surface area contributed by atoms with Gasteiger partial charge in [0.2, 0.25) is 0 Å². The number of ether oxygens (including phenoxy) is 2. The number of methoxy groups -OCH3 is 1. The lowest BCUT2D eigenvalue weighted by molar-refractivity contribution is -0.147. The SMILES string of the molecule is CC[C@H](C)[C@H](NC(=O)OC12CC3CC(CC(N)(C3)C1)C2)C(=O)OC. The molecule has 4 saturated carbocycles. The summed E-state index contributed by atoms with van der Waals surface area (Å²) in [4.78, 5) is 24.5. The van der Waals surface area contributed by atoms with Crippen molar-refractivity contribution in [3.8, 4) is 0 Å². The van der Waals surface area contributed by atoms with Crippen LogP contribution in [0.2, 0.25) is 0 Å². The minimum absolute atomic E-state index is 0.0118. The molecule has 6 nitrogen and oxygen atoms in total. The fourth-order valence-electron chi connectivity index (χ4n) is 5.52. The molecule has 24 heavy (non-hydrogen) atoms. The van der Waals surface area contributed by atoms with Crippen LogP contribution >= 0.6 is 0 Å². The van der Waals surface area contributed by atoms with E-state index in [1.807, 2.05) is 13.8 Å². The number of amides is 1. The van der Waals surface area contributed by atoms with Crippen LogP contribution in [0.15, 0.2) is 0 Å². The van der Waals surface area contributed by atoms with Gasteiger partial charge in [0.25, 0.3) is 0 Å². The van der Waals surface area contributed by atoms with Crippen molar-refractivity contribution in [2.75, 3.05) is 7.11 Å². The highest BCUT2D eigenvalue weighted by Crippen LogP contribution is 2.57. The van der Waals surface area contributed by atoms with Crippen molar-refractivity contribution in [3.05, 3.63) is 0 Å². The van der Waals surface area contributed by atoms with Gasteiger partial charge in [-0.25, -0.2) is 9.59 Å². The van der Waals surface area contributed by atoms with Crippen molar-refractivity contribution in [2.45, 2.75) is 76.0 Å². The van der Waals surface area contributed by atoms with E-state index in [1.54, 1.807) is 0 Å². The molecule has 4 rings (SSSR count). The van der Waals surface area contributed by atoms with E-state index in [0.29, 0.717) is 11.8 Å². The number of hydrogen-bond donors (Lipinski definition) is 2. The third kappa shape index (κ3) is 3.25. The first kappa shape index (κ1) is 17.5. The van der Waals surface area contributed by atoms with Crippen LogP contribution in [-0.2, 0) is 14.3 Å². The average Bonchev–Trinajstić information content (AvgIpc) is 2.48. The molecule has 0 aromatic rings. The van der Waals surface area contributed by atoms with Crippen LogP contribution in [0.1, 0.15) is 58.8 Å². The maximum Gasteiger partial charge on any atom is 0.408 e. The van der Waals surface area contributed by atoms with Crippen molar-refractivity contribution in [2.24, 2.45) is 23.5 Å². The molecule has 4 bridgehead atoms. The van der Waals surface area contributed by atoms with E-state index >= 15 is 0 Å². The van der Waals surface area contributed by atoms with E-state index in [0.717, 1.165) is 38.5 Å². The average molecular weight is 338 g/mol. The van der Waals surface area contributed by atoms with Gasteiger partial charge in [-0.3, -0.25) is 0 Å². The Hall–Kier alpha value is -1.30. The Bertz CT molecular complexity index is 507. The lowest BCUT2D eigenvalue weighted by Gasteiger charge is -2.59. The van der Waals surface area contributed by atoms with Crippen molar-refractivity contribution in [3.63, 3.8) is 0 Å². The van der Waals surface area contributed by atoms with Gasteiger partial charge in [-0.15, -0.1) is 0 Å². The summed E-state index contributed by atoms with van der Waals surface area (Å²) in [6.07, 6.45) is 6.11. The number of hydrogen-bond acceptors (Lipinski definition) is 5. The van der Waals surface area contributed by atoms with Gasteiger partial charge < -0.3 is 20.5 Å². The number of carbonyl (C=O) groups excluding carboxylic acids is 2. The summed E-state index contributed by atoms with van der Waals surface area (Å²) in [6.45, 7) is 3.90. The summed E-state index contributed by atoms with van der Waals surface area (Å²) in [5.41, 5.74) is 5.91. The van der Waals surface area contributed by atoms with Gasteiger partial charge in [-0.05, 0) is 49.9 Å². The smallest absolute Gasteiger partial charge is 0.408 e. The van der Waals surface area contributed by atoms with E-state index < -0.39 is 23.7 Å². The van der Waals surface area contributed by atoms with Crippen LogP contribution in [0.4, 0.5) is 4.79 Å². The summed E-state index contributed by atoms with van der Waals surface area (Å²) in [5, 5.41) is 2.73. The molecule has 0 radical (unpaired) electrons. The molecule has 1 amide bonds. The number of carbonyl (C=O) groups is 2. The third-order valence-electron chi connectivity index (χ3n) is 6.30. The predicted octanol–water partition coefficient (Wildman–Crippen LogP) is 2.35. The first-order valence-corrected chi connectivity index (χ1v) is 9.14. The Kier molecular flexibility index (Phi) is 4.53. The van der Waals surface area contributed by atoms with Crippen LogP contribution in [0, 0.1) is 17.8 Å². The first-order chi connectivity index (χ1) is 11.3. The van der Waals surface area contributed by atoms with Crippen LogP contribution in [0.3, 0.4) is 0 Å². The van der Waals surface area contributed by atoms with Crippen LogP contribution in [-0.4, -0.2) is 36.4 Å². The van der Waals surface area contributed by atoms with Gasteiger partial charge in [0.15, 0.2) is 0 Å². The Morgan fingerprint density at radius 2 is 1.88 bits per heavy atom. The van der Waals surface area contributed by atoms with Gasteiger partial charge >= 0.3 is 12.1 Å². The van der Waals surface area contributed by atoms with Crippen molar-refractivity contribution in [1.29, 1.82) is 0 Å². The molecule has 0 saturated heterocycles. The Balaban J connectivity index is 1.67. The molecule has 4 atom stereocenters. The molecule has 0 aromatic carbocycles. The second-order valence-electron chi connectivity index (χ2n) is 8.43. The van der Waals surface area contributed by atoms with Crippen molar-refractivity contribution >= 4 is 12.1 Å². The fraction of sp³-hybridized carbons (Fsp3) is 0.889. The zero-order valence-corrected chi connectivity index (χ0v) is 15.0. The van der Waals surface area contributed by atoms with Gasteiger partial charge in [0.1, 0.15) is 11.6 Å². The van der Waals surface area contributed by atoms with E-state index in [2.05, 4.69) is 5.32 Å². The summed E-state index contributed by atoms with van der Waals surface area (Å²) >= 11 is 0. The molecule has 3 N–H and O–H groups in total. The summed E-state index contributed by atoms with van der Waals surface area (Å²) in [7, 11) is 1.34. The topological polar surface area (TPSA) is 90.6 Å². The van der Waals surface area contributed by atoms with Crippen LogP contribution in [0.25, 0.3) is 0 Å². The quantitative estimate of drug-likeness (QED) is 0.751. The zero-order chi connectivity index (χ0) is 17.5. The van der Waals surface area contributed by atoms with Crippen molar-refractivity contribution < 1.29 is 19.1 Å². The van der Waals surface area contributed by atoms with Gasteiger partial charge in [-0.2, -0.15) is 0 Å². The number of alkyl carbamates (subject to hydrolysis) is 1. The Morgan fingerprint density at radius 3 is 2.38 bits per heavy atom. The zero-order valence-electron chi connectivity index (χ0n) is 15.0. The Labute approximate surface area is 143 Å². The Morgan fingerprint density at radius 1 is 1.25 bits per heavy atom. The lowest BCUT2D eigenvalue weighted by atomic mass is 9.51. The minimum atomic E-state index is -0.673.